The number of pyridine rings is 1. The van der Waals surface area contributed by atoms with Crippen molar-refractivity contribution in [2.45, 2.75) is 13.5 Å². The molecule has 0 spiro atoms. The van der Waals surface area contributed by atoms with E-state index in [0.29, 0.717) is 0 Å². The summed E-state index contributed by atoms with van der Waals surface area (Å²) >= 11 is 0. The van der Waals surface area contributed by atoms with Crippen LogP contribution in [0.1, 0.15) is 18.2 Å². The highest BCUT2D eigenvalue weighted by molar-refractivity contribution is 5.96. The average molecular weight is 345 g/mol. The third-order valence-electron chi connectivity index (χ3n) is 4.31. The fourth-order valence-electron chi connectivity index (χ4n) is 2.83. The molecule has 3 aromatic rings. The van der Waals surface area contributed by atoms with Crippen LogP contribution in [0.15, 0.2) is 84.1 Å². The minimum atomic E-state index is 0.817. The van der Waals surface area contributed by atoms with E-state index < -0.39 is 0 Å². The van der Waals surface area contributed by atoms with Crippen molar-refractivity contribution >= 4 is 17.1 Å². The van der Waals surface area contributed by atoms with E-state index in [9.17, 15) is 0 Å². The van der Waals surface area contributed by atoms with Gasteiger partial charge in [0.2, 0.25) is 5.69 Å². The monoisotopic (exact) mass is 345 g/mol. The SMILES string of the molecule is C/C(=N\N(C)c1ccc(NCc2ccccc2)cc1)c1cccc[n+]1C. The Hall–Kier alpha value is -3.14. The summed E-state index contributed by atoms with van der Waals surface area (Å²) in [6, 6.07) is 24.8. The Labute approximate surface area is 155 Å². The standard InChI is InChI=1S/C22H25N4/c1-18(22-11-7-8-16-25(22)2)24-26(3)21-14-12-20(13-15-21)23-17-19-9-5-4-6-10-19/h4-16,23H,17H2,1-3H3/q+1. The maximum absolute atomic E-state index is 4.71. The van der Waals surface area contributed by atoms with Crippen molar-refractivity contribution in [3.8, 4) is 0 Å². The molecule has 0 unspecified atom stereocenters. The molecule has 1 N–H and O–H groups in total. The van der Waals surface area contributed by atoms with Crippen LogP contribution in [0.4, 0.5) is 11.4 Å². The lowest BCUT2D eigenvalue weighted by Crippen LogP contribution is -2.35. The zero-order valence-electron chi connectivity index (χ0n) is 15.6. The molecule has 0 bridgehead atoms. The van der Waals surface area contributed by atoms with Crippen molar-refractivity contribution in [1.29, 1.82) is 0 Å². The number of hydrazone groups is 1. The smallest absolute Gasteiger partial charge is 0.228 e. The predicted molar refractivity (Wildman–Crippen MR) is 108 cm³/mol. The lowest BCUT2D eigenvalue weighted by Gasteiger charge is -2.15. The summed E-state index contributed by atoms with van der Waals surface area (Å²) < 4.78 is 2.07. The minimum absolute atomic E-state index is 0.817. The third kappa shape index (κ3) is 4.48. The highest BCUT2D eigenvalue weighted by atomic mass is 15.4. The van der Waals surface area contributed by atoms with Gasteiger partial charge in [-0.05, 0) is 42.8 Å². The Morgan fingerprint density at radius 1 is 0.962 bits per heavy atom. The van der Waals surface area contributed by atoms with Crippen molar-refractivity contribution in [3.63, 3.8) is 0 Å². The van der Waals surface area contributed by atoms with Gasteiger partial charge in [-0.25, -0.2) is 0 Å². The number of nitrogens with one attached hydrogen (secondary N) is 1. The van der Waals surface area contributed by atoms with Crippen molar-refractivity contribution in [3.05, 3.63) is 90.3 Å². The molecule has 3 rings (SSSR count). The third-order valence-corrected chi connectivity index (χ3v) is 4.31. The normalized spacial score (nSPS) is 11.3. The number of hydrogen-bond acceptors (Lipinski definition) is 3. The molecule has 0 saturated carbocycles. The van der Waals surface area contributed by atoms with E-state index in [1.54, 1.807) is 0 Å². The molecule has 0 atom stereocenters. The van der Waals surface area contributed by atoms with Gasteiger partial charge >= 0.3 is 0 Å². The molecule has 0 radical (unpaired) electrons. The highest BCUT2D eigenvalue weighted by Gasteiger charge is 2.10. The number of nitrogens with zero attached hydrogens (tertiary/aromatic N) is 3. The number of anilines is 2. The summed E-state index contributed by atoms with van der Waals surface area (Å²) in [5, 5.41) is 10.1. The van der Waals surface area contributed by atoms with Gasteiger partial charge < -0.3 is 5.32 Å². The van der Waals surface area contributed by atoms with Crippen LogP contribution in [0.25, 0.3) is 0 Å². The van der Waals surface area contributed by atoms with Gasteiger partial charge in [0.15, 0.2) is 6.20 Å². The molecule has 1 heterocycles. The predicted octanol–water partition coefficient (Wildman–Crippen LogP) is 3.98. The number of benzene rings is 2. The zero-order valence-corrected chi connectivity index (χ0v) is 15.6. The van der Waals surface area contributed by atoms with E-state index in [1.807, 2.05) is 50.4 Å². The maximum atomic E-state index is 4.71. The number of aromatic nitrogens is 1. The number of aryl methyl sites for hydroxylation is 1. The largest absolute Gasteiger partial charge is 0.381 e. The lowest BCUT2D eigenvalue weighted by molar-refractivity contribution is -0.672. The van der Waals surface area contributed by atoms with Crippen molar-refractivity contribution in [2.24, 2.45) is 12.1 Å². The molecular weight excluding hydrogens is 320 g/mol. The first-order valence-electron chi connectivity index (χ1n) is 8.75. The van der Waals surface area contributed by atoms with Crippen LogP contribution in [-0.4, -0.2) is 12.8 Å². The van der Waals surface area contributed by atoms with Gasteiger partial charge in [0.1, 0.15) is 12.8 Å². The van der Waals surface area contributed by atoms with E-state index in [0.717, 1.165) is 29.3 Å². The summed E-state index contributed by atoms with van der Waals surface area (Å²) in [4.78, 5) is 0. The van der Waals surface area contributed by atoms with Gasteiger partial charge in [0, 0.05) is 31.4 Å². The average Bonchev–Trinajstić information content (AvgIpc) is 2.68. The van der Waals surface area contributed by atoms with Crippen molar-refractivity contribution in [2.75, 3.05) is 17.4 Å². The fraction of sp³-hybridized carbons (Fsp3) is 0.182. The number of rotatable bonds is 6. The van der Waals surface area contributed by atoms with Crippen molar-refractivity contribution in [1.82, 2.24) is 0 Å². The summed E-state index contributed by atoms with van der Waals surface area (Å²) in [5.41, 5.74) is 5.49. The Morgan fingerprint density at radius 3 is 2.35 bits per heavy atom. The first-order chi connectivity index (χ1) is 12.6. The highest BCUT2D eigenvalue weighted by Crippen LogP contribution is 2.18. The molecule has 26 heavy (non-hydrogen) atoms. The van der Waals surface area contributed by atoms with Gasteiger partial charge in [-0.15, -0.1) is 0 Å². The molecule has 0 aliphatic rings. The first kappa shape index (κ1) is 17.7. The summed E-state index contributed by atoms with van der Waals surface area (Å²) in [6.07, 6.45) is 2.03. The molecule has 1 aromatic heterocycles. The summed E-state index contributed by atoms with van der Waals surface area (Å²) in [6.45, 7) is 2.85. The van der Waals surface area contributed by atoms with Crippen LogP contribution in [0.2, 0.25) is 0 Å². The fourth-order valence-corrected chi connectivity index (χ4v) is 2.83. The van der Waals surface area contributed by atoms with E-state index in [-0.39, 0.29) is 0 Å². The first-order valence-corrected chi connectivity index (χ1v) is 8.75. The molecule has 4 nitrogen and oxygen atoms in total. The van der Waals surface area contributed by atoms with Gasteiger partial charge in [-0.1, -0.05) is 30.3 Å². The van der Waals surface area contributed by atoms with Gasteiger partial charge in [-0.2, -0.15) is 9.67 Å². The molecule has 4 heteroatoms. The Bertz CT molecular complexity index is 870. The lowest BCUT2D eigenvalue weighted by atomic mass is 10.2. The van der Waals surface area contributed by atoms with Crippen molar-refractivity contribution < 1.29 is 4.57 Å². The second kappa shape index (κ2) is 8.30. The summed E-state index contributed by atoms with van der Waals surface area (Å²) in [7, 11) is 4.00. The van der Waals surface area contributed by atoms with Crippen LogP contribution in [0.5, 0.6) is 0 Å². The molecular formula is C22H25N4+. The molecule has 0 amide bonds. The molecule has 0 saturated heterocycles. The van der Waals surface area contributed by atoms with Gasteiger partial charge in [0.25, 0.3) is 0 Å². The molecule has 0 aliphatic carbocycles. The molecule has 0 aliphatic heterocycles. The Balaban J connectivity index is 1.66. The van der Waals surface area contributed by atoms with Crippen LogP contribution in [0.3, 0.4) is 0 Å². The Kier molecular flexibility index (Phi) is 5.64. The molecule has 2 aromatic carbocycles. The van der Waals surface area contributed by atoms with Gasteiger partial charge in [-0.3, -0.25) is 5.01 Å². The van der Waals surface area contributed by atoms with E-state index in [2.05, 4.69) is 64.5 Å². The Morgan fingerprint density at radius 2 is 1.65 bits per heavy atom. The van der Waals surface area contributed by atoms with Crippen LogP contribution >= 0.6 is 0 Å². The van der Waals surface area contributed by atoms with Crippen LogP contribution < -0.4 is 14.9 Å². The topological polar surface area (TPSA) is 31.5 Å². The number of hydrogen-bond donors (Lipinski definition) is 1. The summed E-state index contributed by atoms with van der Waals surface area (Å²) in [5.74, 6) is 0. The quantitative estimate of drug-likeness (QED) is 0.416. The van der Waals surface area contributed by atoms with Crippen LogP contribution in [-0.2, 0) is 13.6 Å². The minimum Gasteiger partial charge on any atom is -0.381 e. The van der Waals surface area contributed by atoms with E-state index >= 15 is 0 Å². The van der Waals surface area contributed by atoms with Crippen LogP contribution in [0, 0.1) is 0 Å². The molecule has 132 valence electrons. The van der Waals surface area contributed by atoms with E-state index in [4.69, 9.17) is 5.10 Å². The van der Waals surface area contributed by atoms with Gasteiger partial charge in [0.05, 0.1) is 5.69 Å². The maximum Gasteiger partial charge on any atom is 0.228 e. The van der Waals surface area contributed by atoms with E-state index in [1.165, 1.54) is 5.56 Å². The zero-order chi connectivity index (χ0) is 18.4. The molecule has 0 fully saturated rings. The second-order valence-corrected chi connectivity index (χ2v) is 6.29. The second-order valence-electron chi connectivity index (χ2n) is 6.29.